The molecule has 0 bridgehead atoms. The van der Waals surface area contributed by atoms with Gasteiger partial charge in [0.2, 0.25) is 5.91 Å². The number of anilines is 1. The van der Waals surface area contributed by atoms with Gasteiger partial charge >= 0.3 is 0 Å². The maximum atomic E-state index is 12.5. The first-order valence-electron chi connectivity index (χ1n) is 9.22. The van der Waals surface area contributed by atoms with Crippen molar-refractivity contribution in [3.05, 3.63) is 48.2 Å². The van der Waals surface area contributed by atoms with E-state index in [9.17, 15) is 4.79 Å². The van der Waals surface area contributed by atoms with Crippen molar-refractivity contribution < 1.29 is 9.21 Å². The van der Waals surface area contributed by atoms with E-state index in [0.29, 0.717) is 18.8 Å². The van der Waals surface area contributed by atoms with Gasteiger partial charge in [-0.3, -0.25) is 9.78 Å². The van der Waals surface area contributed by atoms with E-state index in [1.54, 1.807) is 0 Å². The number of hydrogen-bond donors (Lipinski definition) is 0. The molecule has 5 heteroatoms. The molecule has 2 atom stereocenters. The first kappa shape index (κ1) is 16.2. The summed E-state index contributed by atoms with van der Waals surface area (Å²) in [5.41, 5.74) is 1.18. The molecule has 3 heterocycles. The van der Waals surface area contributed by atoms with E-state index in [-0.39, 0.29) is 5.91 Å². The average molecular weight is 339 g/mol. The SMILES string of the molecule is C[C@@H]1C[C@@H]1c1ccc(CCC(=O)N2CCN(c3ccncc3)CC2)o1. The Morgan fingerprint density at radius 3 is 2.56 bits per heavy atom. The highest BCUT2D eigenvalue weighted by Crippen LogP contribution is 2.47. The van der Waals surface area contributed by atoms with E-state index < -0.39 is 0 Å². The van der Waals surface area contributed by atoms with Gasteiger partial charge in [0, 0.05) is 63.0 Å². The van der Waals surface area contributed by atoms with Gasteiger partial charge in [-0.25, -0.2) is 0 Å². The van der Waals surface area contributed by atoms with Crippen LogP contribution in [0, 0.1) is 5.92 Å². The fourth-order valence-corrected chi connectivity index (χ4v) is 3.60. The smallest absolute Gasteiger partial charge is 0.223 e. The Bertz CT molecular complexity index is 720. The monoisotopic (exact) mass is 339 g/mol. The number of hydrogen-bond acceptors (Lipinski definition) is 4. The zero-order chi connectivity index (χ0) is 17.2. The minimum Gasteiger partial charge on any atom is -0.466 e. The van der Waals surface area contributed by atoms with E-state index in [1.807, 2.05) is 35.5 Å². The number of carbonyl (C=O) groups is 1. The molecule has 132 valence electrons. The topological polar surface area (TPSA) is 49.6 Å². The van der Waals surface area contributed by atoms with Gasteiger partial charge < -0.3 is 14.2 Å². The van der Waals surface area contributed by atoms with Crippen LogP contribution in [0.4, 0.5) is 5.69 Å². The van der Waals surface area contributed by atoms with Crippen LogP contribution in [0.15, 0.2) is 41.1 Å². The Hall–Kier alpha value is -2.30. The van der Waals surface area contributed by atoms with Gasteiger partial charge in [-0.2, -0.15) is 0 Å². The minimum absolute atomic E-state index is 0.229. The number of piperazine rings is 1. The van der Waals surface area contributed by atoms with Crippen LogP contribution in [0.25, 0.3) is 0 Å². The second-order valence-electron chi connectivity index (χ2n) is 7.20. The van der Waals surface area contributed by atoms with Gasteiger partial charge in [0.15, 0.2) is 0 Å². The van der Waals surface area contributed by atoms with Crippen molar-refractivity contribution in [3.63, 3.8) is 0 Å². The van der Waals surface area contributed by atoms with Gasteiger partial charge in [0.05, 0.1) is 0 Å². The summed E-state index contributed by atoms with van der Waals surface area (Å²) in [6, 6.07) is 8.16. The van der Waals surface area contributed by atoms with Crippen molar-refractivity contribution in [1.29, 1.82) is 0 Å². The maximum Gasteiger partial charge on any atom is 0.223 e. The molecule has 4 rings (SSSR count). The van der Waals surface area contributed by atoms with E-state index in [2.05, 4.69) is 22.9 Å². The van der Waals surface area contributed by atoms with Crippen molar-refractivity contribution >= 4 is 11.6 Å². The molecule has 1 amide bonds. The third-order valence-corrected chi connectivity index (χ3v) is 5.40. The van der Waals surface area contributed by atoms with Crippen LogP contribution in [0.1, 0.15) is 37.2 Å². The molecule has 5 nitrogen and oxygen atoms in total. The Morgan fingerprint density at radius 2 is 1.88 bits per heavy atom. The number of nitrogens with zero attached hydrogens (tertiary/aromatic N) is 3. The Kier molecular flexibility index (Phi) is 4.47. The van der Waals surface area contributed by atoms with E-state index in [4.69, 9.17) is 4.42 Å². The van der Waals surface area contributed by atoms with Gasteiger partial charge in [-0.1, -0.05) is 6.92 Å². The lowest BCUT2D eigenvalue weighted by Gasteiger charge is -2.36. The minimum atomic E-state index is 0.229. The Labute approximate surface area is 148 Å². The van der Waals surface area contributed by atoms with Crippen LogP contribution in [0.3, 0.4) is 0 Å². The third-order valence-electron chi connectivity index (χ3n) is 5.40. The van der Waals surface area contributed by atoms with Crippen LogP contribution in [-0.2, 0) is 11.2 Å². The van der Waals surface area contributed by atoms with Crippen LogP contribution >= 0.6 is 0 Å². The second kappa shape index (κ2) is 6.90. The molecule has 0 radical (unpaired) electrons. The zero-order valence-electron chi connectivity index (χ0n) is 14.7. The first-order valence-corrected chi connectivity index (χ1v) is 9.22. The molecule has 1 saturated heterocycles. The molecule has 2 fully saturated rings. The van der Waals surface area contributed by atoms with Crippen molar-refractivity contribution in [2.24, 2.45) is 5.92 Å². The number of rotatable bonds is 5. The highest BCUT2D eigenvalue weighted by atomic mass is 16.3. The van der Waals surface area contributed by atoms with E-state index in [1.165, 1.54) is 12.1 Å². The molecule has 1 saturated carbocycles. The average Bonchev–Trinajstić information content (AvgIpc) is 3.20. The highest BCUT2D eigenvalue weighted by molar-refractivity contribution is 5.76. The standard InChI is InChI=1S/C20H25N3O2/c1-15-14-18(15)19-4-2-17(25-19)3-5-20(24)23-12-10-22(11-13-23)16-6-8-21-9-7-16/h2,4,6-9,15,18H,3,5,10-14H2,1H3/t15-,18+/m1/s1. The lowest BCUT2D eigenvalue weighted by Crippen LogP contribution is -2.48. The molecule has 2 aromatic heterocycles. The third kappa shape index (κ3) is 3.70. The molecule has 0 aromatic carbocycles. The van der Waals surface area contributed by atoms with Crippen LogP contribution < -0.4 is 4.90 Å². The van der Waals surface area contributed by atoms with Crippen LogP contribution in [0.2, 0.25) is 0 Å². The van der Waals surface area contributed by atoms with Crippen LogP contribution in [0.5, 0.6) is 0 Å². The quantitative estimate of drug-likeness (QED) is 0.840. The fraction of sp³-hybridized carbons (Fsp3) is 0.500. The zero-order valence-corrected chi connectivity index (χ0v) is 14.7. The normalized spacial score (nSPS) is 22.9. The molecule has 0 N–H and O–H groups in total. The molecule has 1 aliphatic carbocycles. The van der Waals surface area contributed by atoms with Crippen molar-refractivity contribution in [2.75, 3.05) is 31.1 Å². The number of pyridine rings is 1. The number of amides is 1. The summed E-state index contributed by atoms with van der Waals surface area (Å²) in [5, 5.41) is 0. The van der Waals surface area contributed by atoms with Gasteiger partial charge in [-0.05, 0) is 36.6 Å². The summed E-state index contributed by atoms with van der Waals surface area (Å²) in [5.74, 6) is 3.62. The van der Waals surface area contributed by atoms with Crippen molar-refractivity contribution in [3.8, 4) is 0 Å². The van der Waals surface area contributed by atoms with Crippen LogP contribution in [-0.4, -0.2) is 42.0 Å². The highest BCUT2D eigenvalue weighted by Gasteiger charge is 2.36. The molecular formula is C20H25N3O2. The predicted octanol–water partition coefficient (Wildman–Crippen LogP) is 3.08. The van der Waals surface area contributed by atoms with Gasteiger partial charge in [-0.15, -0.1) is 0 Å². The largest absolute Gasteiger partial charge is 0.466 e. The summed E-state index contributed by atoms with van der Waals surface area (Å²) >= 11 is 0. The lowest BCUT2D eigenvalue weighted by atomic mass is 10.2. The summed E-state index contributed by atoms with van der Waals surface area (Å²) in [7, 11) is 0. The predicted molar refractivity (Wildman–Crippen MR) is 96.6 cm³/mol. The number of carbonyl (C=O) groups excluding carboxylic acids is 1. The fourth-order valence-electron chi connectivity index (χ4n) is 3.60. The number of furan rings is 1. The molecular weight excluding hydrogens is 314 g/mol. The number of aryl methyl sites for hydroxylation is 1. The summed E-state index contributed by atoms with van der Waals surface area (Å²) in [6.45, 7) is 5.57. The van der Waals surface area contributed by atoms with E-state index >= 15 is 0 Å². The molecule has 0 unspecified atom stereocenters. The second-order valence-corrected chi connectivity index (χ2v) is 7.20. The number of aromatic nitrogens is 1. The molecule has 2 aliphatic rings. The maximum absolute atomic E-state index is 12.5. The summed E-state index contributed by atoms with van der Waals surface area (Å²) in [4.78, 5) is 20.8. The summed E-state index contributed by atoms with van der Waals surface area (Å²) in [6.07, 6.45) is 6.08. The van der Waals surface area contributed by atoms with Gasteiger partial charge in [0.1, 0.15) is 11.5 Å². The van der Waals surface area contributed by atoms with Gasteiger partial charge in [0.25, 0.3) is 0 Å². The molecule has 0 spiro atoms. The summed E-state index contributed by atoms with van der Waals surface area (Å²) < 4.78 is 5.91. The molecule has 2 aromatic rings. The molecule has 25 heavy (non-hydrogen) atoms. The van der Waals surface area contributed by atoms with E-state index in [0.717, 1.165) is 43.6 Å². The van der Waals surface area contributed by atoms with Crippen molar-refractivity contribution in [2.45, 2.75) is 32.1 Å². The van der Waals surface area contributed by atoms with Crippen molar-refractivity contribution in [1.82, 2.24) is 9.88 Å². The molecule has 1 aliphatic heterocycles. The Balaban J connectivity index is 1.24. The Morgan fingerprint density at radius 1 is 1.16 bits per heavy atom. The first-order chi connectivity index (χ1) is 12.2. The lowest BCUT2D eigenvalue weighted by molar-refractivity contribution is -0.131.